The van der Waals surface area contributed by atoms with Crippen molar-refractivity contribution in [1.29, 1.82) is 0 Å². The first-order chi connectivity index (χ1) is 13.6. The maximum absolute atomic E-state index is 12.7. The van der Waals surface area contributed by atoms with Gasteiger partial charge in [-0.25, -0.2) is 9.50 Å². The molecule has 0 fully saturated rings. The third kappa shape index (κ3) is 3.15. The van der Waals surface area contributed by atoms with Crippen molar-refractivity contribution >= 4 is 11.6 Å². The summed E-state index contributed by atoms with van der Waals surface area (Å²) in [5, 5.41) is 11.9. The molecule has 0 aliphatic carbocycles. The molecule has 3 heterocycles. The summed E-state index contributed by atoms with van der Waals surface area (Å²) in [5.41, 5.74) is 4.89. The van der Waals surface area contributed by atoms with Crippen LogP contribution in [0, 0.1) is 6.92 Å². The van der Waals surface area contributed by atoms with Crippen molar-refractivity contribution in [3.63, 3.8) is 0 Å². The van der Waals surface area contributed by atoms with E-state index in [9.17, 15) is 4.79 Å². The average Bonchev–Trinajstić information content (AvgIpc) is 3.32. The second-order valence-corrected chi connectivity index (χ2v) is 6.69. The van der Waals surface area contributed by atoms with Crippen LogP contribution in [-0.2, 0) is 6.54 Å². The molecule has 1 atom stereocenters. The number of benzene rings is 1. The number of nitrogens with one attached hydrogen (secondary N) is 1. The predicted octanol–water partition coefficient (Wildman–Crippen LogP) is 3.41. The molecule has 1 unspecified atom stereocenters. The van der Waals surface area contributed by atoms with Crippen LogP contribution in [0.4, 0.5) is 0 Å². The molecule has 0 bridgehead atoms. The van der Waals surface area contributed by atoms with Crippen molar-refractivity contribution in [3.8, 4) is 11.3 Å². The number of carbonyl (C=O) groups is 1. The van der Waals surface area contributed by atoms with E-state index in [1.54, 1.807) is 16.8 Å². The molecule has 7 nitrogen and oxygen atoms in total. The summed E-state index contributed by atoms with van der Waals surface area (Å²) in [7, 11) is 0. The number of fused-ring (bicyclic) bond motifs is 1. The van der Waals surface area contributed by atoms with Gasteiger partial charge in [0.05, 0.1) is 17.9 Å². The smallest absolute Gasteiger partial charge is 0.272 e. The summed E-state index contributed by atoms with van der Waals surface area (Å²) in [4.78, 5) is 17.1. The van der Waals surface area contributed by atoms with Gasteiger partial charge in [0.25, 0.3) is 5.91 Å². The van der Waals surface area contributed by atoms with E-state index < -0.39 is 0 Å². The Morgan fingerprint density at radius 2 is 2.00 bits per heavy atom. The summed E-state index contributed by atoms with van der Waals surface area (Å²) < 4.78 is 3.63. The number of hydrogen-bond acceptors (Lipinski definition) is 4. The Morgan fingerprint density at radius 1 is 1.21 bits per heavy atom. The summed E-state index contributed by atoms with van der Waals surface area (Å²) in [5.74, 6) is -0.228. The summed E-state index contributed by atoms with van der Waals surface area (Å²) in [6.45, 7) is 6.83. The van der Waals surface area contributed by atoms with Gasteiger partial charge in [-0.1, -0.05) is 30.3 Å². The summed E-state index contributed by atoms with van der Waals surface area (Å²) in [6.07, 6.45) is 3.55. The van der Waals surface area contributed by atoms with Gasteiger partial charge in [0.2, 0.25) is 0 Å². The summed E-state index contributed by atoms with van der Waals surface area (Å²) >= 11 is 0. The maximum Gasteiger partial charge on any atom is 0.272 e. The van der Waals surface area contributed by atoms with Crippen LogP contribution in [-0.4, -0.2) is 30.3 Å². The third-order valence-electron chi connectivity index (χ3n) is 4.92. The van der Waals surface area contributed by atoms with Crippen molar-refractivity contribution in [2.45, 2.75) is 33.4 Å². The van der Waals surface area contributed by atoms with E-state index in [-0.39, 0.29) is 11.9 Å². The Kier molecular flexibility index (Phi) is 4.65. The fraction of sp³-hybridized carbons (Fsp3) is 0.238. The maximum atomic E-state index is 12.7. The Balaban J connectivity index is 1.66. The first-order valence-electron chi connectivity index (χ1n) is 9.32. The zero-order valence-corrected chi connectivity index (χ0v) is 16.1. The quantitative estimate of drug-likeness (QED) is 0.581. The molecule has 1 aromatic carbocycles. The minimum absolute atomic E-state index is 0.115. The number of aromatic nitrogens is 5. The largest absolute Gasteiger partial charge is 0.344 e. The normalized spacial score (nSPS) is 12.2. The minimum atomic E-state index is -0.228. The topological polar surface area (TPSA) is 77.1 Å². The van der Waals surface area contributed by atoms with E-state index >= 15 is 0 Å². The number of aryl methyl sites for hydroxylation is 1. The zero-order valence-electron chi connectivity index (χ0n) is 16.1. The van der Waals surface area contributed by atoms with Crippen LogP contribution >= 0.6 is 0 Å². The van der Waals surface area contributed by atoms with Gasteiger partial charge in [-0.15, -0.1) is 0 Å². The van der Waals surface area contributed by atoms with Gasteiger partial charge in [-0.3, -0.25) is 9.48 Å². The second kappa shape index (κ2) is 7.26. The van der Waals surface area contributed by atoms with Crippen LogP contribution in [0.3, 0.4) is 0 Å². The Labute approximate surface area is 163 Å². The number of rotatable bonds is 5. The van der Waals surface area contributed by atoms with Crippen LogP contribution in [0.15, 0.2) is 54.9 Å². The van der Waals surface area contributed by atoms with E-state index in [1.165, 1.54) is 0 Å². The molecular formula is C21H22N6O. The molecule has 28 heavy (non-hydrogen) atoms. The lowest BCUT2D eigenvalue weighted by Gasteiger charge is -2.13. The van der Waals surface area contributed by atoms with Gasteiger partial charge in [-0.05, 0) is 32.4 Å². The van der Waals surface area contributed by atoms with E-state index in [1.807, 2.05) is 61.1 Å². The molecule has 0 spiro atoms. The fourth-order valence-corrected chi connectivity index (χ4v) is 3.32. The fourth-order valence-electron chi connectivity index (χ4n) is 3.32. The standard InChI is InChI=1S/C21H22N6O/c1-4-26-15(3)17(13-23-26)19-10-11-22-20-12-18(25-27(19)20)21(28)24-14(2)16-8-6-5-7-9-16/h5-14H,4H2,1-3H3,(H,24,28). The lowest BCUT2D eigenvalue weighted by atomic mass is 10.1. The Hall–Kier alpha value is -3.48. The second-order valence-electron chi connectivity index (χ2n) is 6.69. The molecule has 0 saturated carbocycles. The first kappa shape index (κ1) is 17.9. The van der Waals surface area contributed by atoms with Crippen molar-refractivity contribution in [3.05, 3.63) is 71.8 Å². The number of nitrogens with zero attached hydrogens (tertiary/aromatic N) is 5. The highest BCUT2D eigenvalue weighted by Gasteiger charge is 2.18. The van der Waals surface area contributed by atoms with Gasteiger partial charge in [0.1, 0.15) is 0 Å². The number of hydrogen-bond donors (Lipinski definition) is 1. The zero-order chi connectivity index (χ0) is 19.7. The van der Waals surface area contributed by atoms with E-state index in [4.69, 9.17) is 0 Å². The van der Waals surface area contributed by atoms with Crippen LogP contribution in [0.2, 0.25) is 0 Å². The Morgan fingerprint density at radius 3 is 2.71 bits per heavy atom. The third-order valence-corrected chi connectivity index (χ3v) is 4.92. The molecule has 3 aromatic heterocycles. The van der Waals surface area contributed by atoms with Gasteiger partial charge in [-0.2, -0.15) is 10.2 Å². The first-order valence-corrected chi connectivity index (χ1v) is 9.32. The molecule has 0 radical (unpaired) electrons. The molecule has 1 N–H and O–H groups in total. The molecular weight excluding hydrogens is 352 g/mol. The van der Waals surface area contributed by atoms with Crippen molar-refractivity contribution in [2.75, 3.05) is 0 Å². The molecule has 4 rings (SSSR count). The van der Waals surface area contributed by atoms with E-state index in [2.05, 4.69) is 27.4 Å². The summed E-state index contributed by atoms with van der Waals surface area (Å²) in [6, 6.07) is 13.3. The molecule has 142 valence electrons. The number of carbonyl (C=O) groups excluding carboxylic acids is 1. The van der Waals surface area contributed by atoms with Crippen LogP contribution in [0.25, 0.3) is 16.9 Å². The lowest BCUT2D eigenvalue weighted by Crippen LogP contribution is -2.27. The minimum Gasteiger partial charge on any atom is -0.344 e. The van der Waals surface area contributed by atoms with E-state index in [0.717, 1.165) is 29.1 Å². The highest BCUT2D eigenvalue weighted by molar-refractivity contribution is 5.93. The van der Waals surface area contributed by atoms with Crippen LogP contribution in [0.1, 0.15) is 41.6 Å². The Bertz CT molecular complexity index is 1130. The monoisotopic (exact) mass is 374 g/mol. The van der Waals surface area contributed by atoms with Crippen molar-refractivity contribution in [1.82, 2.24) is 29.7 Å². The molecule has 1 amide bonds. The van der Waals surface area contributed by atoms with Crippen molar-refractivity contribution in [2.24, 2.45) is 0 Å². The van der Waals surface area contributed by atoms with Crippen LogP contribution in [0.5, 0.6) is 0 Å². The average molecular weight is 374 g/mol. The molecule has 0 aliphatic heterocycles. The van der Waals surface area contributed by atoms with Crippen LogP contribution < -0.4 is 5.32 Å². The molecule has 0 saturated heterocycles. The molecule has 7 heteroatoms. The van der Waals surface area contributed by atoms with Gasteiger partial charge in [0.15, 0.2) is 11.3 Å². The van der Waals surface area contributed by atoms with Gasteiger partial charge < -0.3 is 5.32 Å². The molecule has 4 aromatic rings. The molecule has 0 aliphatic rings. The van der Waals surface area contributed by atoms with Gasteiger partial charge >= 0.3 is 0 Å². The van der Waals surface area contributed by atoms with Crippen molar-refractivity contribution < 1.29 is 4.79 Å². The SMILES string of the molecule is CCn1ncc(-c2ccnc3cc(C(=O)NC(C)c4ccccc4)nn23)c1C. The predicted molar refractivity (Wildman–Crippen MR) is 107 cm³/mol. The number of amides is 1. The van der Waals surface area contributed by atoms with E-state index in [0.29, 0.717) is 11.3 Å². The highest BCUT2D eigenvalue weighted by Crippen LogP contribution is 2.23. The van der Waals surface area contributed by atoms with Gasteiger partial charge in [0, 0.05) is 30.1 Å². The lowest BCUT2D eigenvalue weighted by molar-refractivity contribution is 0.0934. The highest BCUT2D eigenvalue weighted by atomic mass is 16.2.